The lowest BCUT2D eigenvalue weighted by Crippen LogP contribution is -2.35. The van der Waals surface area contributed by atoms with E-state index in [1.54, 1.807) is 32.0 Å². The topological polar surface area (TPSA) is 91.4 Å². The summed E-state index contributed by atoms with van der Waals surface area (Å²) in [6.45, 7) is 6.83. The third-order valence-corrected chi connectivity index (χ3v) is 6.81. The summed E-state index contributed by atoms with van der Waals surface area (Å²) in [4.78, 5) is 18.6. The molecule has 7 nitrogen and oxygen atoms in total. The molecule has 192 valence electrons. The van der Waals surface area contributed by atoms with Crippen molar-refractivity contribution in [3.63, 3.8) is 0 Å². The number of aromatic nitrogens is 1. The molecule has 0 aliphatic carbocycles. The van der Waals surface area contributed by atoms with Gasteiger partial charge >= 0.3 is 6.18 Å². The first-order chi connectivity index (χ1) is 16.2. The number of sulfonamides is 1. The number of piperidine rings is 1. The summed E-state index contributed by atoms with van der Waals surface area (Å²) in [6, 6.07) is 7.33. The number of amides is 1. The number of aryl methyl sites for hydroxylation is 1. The Morgan fingerprint density at radius 1 is 1.20 bits per heavy atom. The summed E-state index contributed by atoms with van der Waals surface area (Å²) in [6.07, 6.45) is -1.76. The van der Waals surface area contributed by atoms with Crippen LogP contribution in [-0.2, 0) is 27.5 Å². The van der Waals surface area contributed by atoms with Gasteiger partial charge in [-0.15, -0.1) is 0 Å². The fourth-order valence-electron chi connectivity index (χ4n) is 4.02. The Morgan fingerprint density at radius 3 is 2.43 bits per heavy atom. The molecule has 2 N–H and O–H groups in total. The third kappa shape index (κ3) is 7.09. The van der Waals surface area contributed by atoms with Crippen LogP contribution in [0.2, 0.25) is 0 Å². The molecule has 0 radical (unpaired) electrons. The van der Waals surface area contributed by atoms with E-state index in [9.17, 15) is 26.4 Å². The molecule has 0 spiro atoms. The zero-order valence-electron chi connectivity index (χ0n) is 20.2. The van der Waals surface area contributed by atoms with Crippen LogP contribution in [0.15, 0.2) is 30.3 Å². The van der Waals surface area contributed by atoms with Crippen molar-refractivity contribution in [2.24, 2.45) is 5.92 Å². The Bertz CT molecular complexity index is 1180. The lowest BCUT2D eigenvalue weighted by molar-refractivity contribution is -0.141. The molecule has 1 aromatic carbocycles. The highest BCUT2D eigenvalue weighted by Crippen LogP contribution is 2.32. The molecule has 1 aliphatic rings. The SMILES string of the molecule is Cc1cc(C(C)C(=O)NCc2ccc(C(F)(F)F)nc2N2CCC(C)CC2)ccc1NS(C)(=O)=O. The monoisotopic (exact) mass is 512 g/mol. The minimum absolute atomic E-state index is 0.0440. The average Bonchev–Trinajstić information content (AvgIpc) is 2.77. The van der Waals surface area contributed by atoms with E-state index in [1.165, 1.54) is 6.07 Å². The third-order valence-electron chi connectivity index (χ3n) is 6.22. The highest BCUT2D eigenvalue weighted by molar-refractivity contribution is 7.92. The average molecular weight is 513 g/mol. The molecule has 1 saturated heterocycles. The highest BCUT2D eigenvalue weighted by Gasteiger charge is 2.34. The van der Waals surface area contributed by atoms with E-state index in [0.29, 0.717) is 41.4 Å². The maximum atomic E-state index is 13.3. The van der Waals surface area contributed by atoms with E-state index in [4.69, 9.17) is 0 Å². The number of hydrogen-bond donors (Lipinski definition) is 2. The molecule has 3 rings (SSSR count). The van der Waals surface area contributed by atoms with E-state index in [-0.39, 0.29) is 18.3 Å². The van der Waals surface area contributed by atoms with E-state index < -0.39 is 27.8 Å². The van der Waals surface area contributed by atoms with Crippen molar-refractivity contribution in [3.8, 4) is 0 Å². The van der Waals surface area contributed by atoms with Gasteiger partial charge in [-0.1, -0.05) is 25.1 Å². The molecule has 1 aromatic heterocycles. The van der Waals surface area contributed by atoms with Gasteiger partial charge in [-0.25, -0.2) is 13.4 Å². The smallest absolute Gasteiger partial charge is 0.356 e. The zero-order valence-corrected chi connectivity index (χ0v) is 21.1. The van der Waals surface area contributed by atoms with Crippen molar-refractivity contribution in [1.29, 1.82) is 0 Å². The number of rotatable bonds is 7. The van der Waals surface area contributed by atoms with Gasteiger partial charge in [0.25, 0.3) is 0 Å². The number of nitrogens with zero attached hydrogens (tertiary/aromatic N) is 2. The molecule has 11 heteroatoms. The second-order valence-corrected chi connectivity index (χ2v) is 11.0. The quantitative estimate of drug-likeness (QED) is 0.573. The normalized spacial score (nSPS) is 16.1. The van der Waals surface area contributed by atoms with Crippen LogP contribution in [0.4, 0.5) is 24.7 Å². The number of nitrogens with one attached hydrogen (secondary N) is 2. The minimum Gasteiger partial charge on any atom is -0.356 e. The van der Waals surface area contributed by atoms with Gasteiger partial charge < -0.3 is 10.2 Å². The summed E-state index contributed by atoms with van der Waals surface area (Å²) in [5.74, 6) is -0.0933. The predicted molar refractivity (Wildman–Crippen MR) is 130 cm³/mol. The van der Waals surface area contributed by atoms with Gasteiger partial charge in [-0.05, 0) is 55.9 Å². The summed E-state index contributed by atoms with van der Waals surface area (Å²) in [5.41, 5.74) is 1.36. The number of anilines is 2. The van der Waals surface area contributed by atoms with Gasteiger partial charge in [0.05, 0.1) is 17.9 Å². The lowest BCUT2D eigenvalue weighted by Gasteiger charge is -2.33. The summed E-state index contributed by atoms with van der Waals surface area (Å²) in [5, 5.41) is 2.82. The van der Waals surface area contributed by atoms with Crippen LogP contribution in [-0.4, -0.2) is 38.7 Å². The Balaban J connectivity index is 1.75. The molecule has 0 saturated carbocycles. The van der Waals surface area contributed by atoms with Crippen molar-refractivity contribution in [2.75, 3.05) is 29.0 Å². The maximum absolute atomic E-state index is 13.3. The Kier molecular flexibility index (Phi) is 7.98. The van der Waals surface area contributed by atoms with Crippen LogP contribution in [0.3, 0.4) is 0 Å². The van der Waals surface area contributed by atoms with Gasteiger partial charge in [-0.2, -0.15) is 13.2 Å². The molecular weight excluding hydrogens is 481 g/mol. The summed E-state index contributed by atoms with van der Waals surface area (Å²) < 4.78 is 65.3. The summed E-state index contributed by atoms with van der Waals surface area (Å²) >= 11 is 0. The number of pyridine rings is 1. The van der Waals surface area contributed by atoms with Gasteiger partial charge in [0.15, 0.2) is 0 Å². The zero-order chi connectivity index (χ0) is 26.0. The van der Waals surface area contributed by atoms with Gasteiger partial charge in [0, 0.05) is 25.2 Å². The first-order valence-electron chi connectivity index (χ1n) is 11.4. The van der Waals surface area contributed by atoms with E-state index in [0.717, 1.165) is 25.2 Å². The van der Waals surface area contributed by atoms with E-state index >= 15 is 0 Å². The Hall–Kier alpha value is -2.82. The number of carbonyl (C=O) groups is 1. The molecule has 1 atom stereocenters. The van der Waals surface area contributed by atoms with Crippen LogP contribution in [0, 0.1) is 12.8 Å². The maximum Gasteiger partial charge on any atom is 0.433 e. The van der Waals surface area contributed by atoms with Gasteiger partial charge in [0.1, 0.15) is 11.5 Å². The molecule has 1 amide bonds. The molecule has 35 heavy (non-hydrogen) atoms. The molecule has 1 fully saturated rings. The largest absolute Gasteiger partial charge is 0.433 e. The minimum atomic E-state index is -4.55. The second-order valence-electron chi connectivity index (χ2n) is 9.23. The number of benzene rings is 1. The van der Waals surface area contributed by atoms with Crippen LogP contribution in [0.1, 0.15) is 55.0 Å². The number of carbonyl (C=O) groups excluding carboxylic acids is 1. The Labute approximate surface area is 204 Å². The number of alkyl halides is 3. The summed E-state index contributed by atoms with van der Waals surface area (Å²) in [7, 11) is -3.43. The van der Waals surface area contributed by atoms with Crippen molar-refractivity contribution >= 4 is 27.4 Å². The first-order valence-corrected chi connectivity index (χ1v) is 13.3. The fourth-order valence-corrected chi connectivity index (χ4v) is 4.65. The number of halogens is 3. The molecule has 1 unspecified atom stereocenters. The van der Waals surface area contributed by atoms with E-state index in [2.05, 4.69) is 21.9 Å². The standard InChI is InChI=1S/C24H31F3N4O3S/c1-15-9-11-31(12-10-15)22-19(6-8-21(29-22)24(25,26)27)14-28-23(32)17(3)18-5-7-20(16(2)13-18)30-35(4,33)34/h5-8,13,15,17,30H,9-12,14H2,1-4H3,(H,28,32). The van der Waals surface area contributed by atoms with Crippen LogP contribution < -0.4 is 14.9 Å². The molecular formula is C24H31F3N4O3S. The van der Waals surface area contributed by atoms with Crippen molar-refractivity contribution in [2.45, 2.75) is 52.3 Å². The van der Waals surface area contributed by atoms with Gasteiger partial charge in [0.2, 0.25) is 15.9 Å². The molecule has 1 aliphatic heterocycles. The van der Waals surface area contributed by atoms with Gasteiger partial charge in [-0.3, -0.25) is 9.52 Å². The second kappa shape index (κ2) is 10.4. The molecule has 2 aromatic rings. The highest BCUT2D eigenvalue weighted by atomic mass is 32.2. The van der Waals surface area contributed by atoms with Crippen molar-refractivity contribution in [1.82, 2.24) is 10.3 Å². The van der Waals surface area contributed by atoms with Crippen LogP contribution >= 0.6 is 0 Å². The van der Waals surface area contributed by atoms with Crippen LogP contribution in [0.25, 0.3) is 0 Å². The van der Waals surface area contributed by atoms with E-state index in [1.807, 2.05) is 4.90 Å². The molecule has 2 heterocycles. The number of hydrogen-bond acceptors (Lipinski definition) is 5. The van der Waals surface area contributed by atoms with Crippen LogP contribution in [0.5, 0.6) is 0 Å². The van der Waals surface area contributed by atoms with Crippen molar-refractivity contribution < 1.29 is 26.4 Å². The predicted octanol–water partition coefficient (Wildman–Crippen LogP) is 4.44. The fraction of sp³-hybridized carbons (Fsp3) is 0.500. The Morgan fingerprint density at radius 2 is 1.86 bits per heavy atom. The lowest BCUT2D eigenvalue weighted by atomic mass is 9.97. The first kappa shape index (κ1) is 26.8. The molecule has 0 bridgehead atoms. The van der Waals surface area contributed by atoms with Crippen molar-refractivity contribution in [3.05, 3.63) is 52.7 Å².